The van der Waals surface area contributed by atoms with Crippen molar-refractivity contribution in [2.24, 2.45) is 5.41 Å². The van der Waals surface area contributed by atoms with Crippen LogP contribution in [0, 0.1) is 5.41 Å². The molecule has 0 saturated carbocycles. The van der Waals surface area contributed by atoms with Crippen molar-refractivity contribution in [3.05, 3.63) is 71.4 Å². The smallest absolute Gasteiger partial charge is 0.217 e. The van der Waals surface area contributed by atoms with Gasteiger partial charge in [-0.15, -0.1) is 0 Å². The Labute approximate surface area is 189 Å². The summed E-state index contributed by atoms with van der Waals surface area (Å²) in [7, 11) is 0. The standard InChI is InChI=1S/C25H33N3O4/c1-16(29)28-22(12-18-6-7-19(30)14-26-18)23(31)15-27-21-9-10-32-24-8-5-17(11-20(21)24)13-25(2,3)4/h5-11,14,22-24,27,30-31H,12-13,15H2,1-4H3,(H,28,29). The van der Waals surface area contributed by atoms with Gasteiger partial charge in [0.1, 0.15) is 11.9 Å². The van der Waals surface area contributed by atoms with E-state index in [0.29, 0.717) is 12.1 Å². The van der Waals surface area contributed by atoms with Crippen molar-refractivity contribution >= 4 is 5.91 Å². The highest BCUT2D eigenvalue weighted by Crippen LogP contribution is 2.31. The van der Waals surface area contributed by atoms with Crippen LogP contribution in [0.1, 0.15) is 39.8 Å². The second-order valence-electron chi connectivity index (χ2n) is 9.51. The fraction of sp³-hybridized carbons (Fsp3) is 0.440. The van der Waals surface area contributed by atoms with E-state index in [1.807, 2.05) is 6.08 Å². The van der Waals surface area contributed by atoms with Crippen LogP contribution < -0.4 is 10.6 Å². The van der Waals surface area contributed by atoms with Crippen molar-refractivity contribution in [2.45, 2.75) is 58.8 Å². The number of aromatic nitrogens is 1. The van der Waals surface area contributed by atoms with E-state index < -0.39 is 12.1 Å². The van der Waals surface area contributed by atoms with Crippen LogP contribution in [0.15, 0.2) is 65.7 Å². The molecular weight excluding hydrogens is 406 g/mol. The summed E-state index contributed by atoms with van der Waals surface area (Å²) in [6, 6.07) is 2.69. The molecule has 1 aliphatic heterocycles. The summed E-state index contributed by atoms with van der Waals surface area (Å²) < 4.78 is 5.73. The lowest BCUT2D eigenvalue weighted by Crippen LogP contribution is -2.48. The minimum atomic E-state index is -0.852. The molecule has 4 N–H and O–H groups in total. The maximum absolute atomic E-state index is 11.7. The number of hydrogen-bond donors (Lipinski definition) is 4. The van der Waals surface area contributed by atoms with Crippen LogP contribution in [0.5, 0.6) is 5.75 Å². The van der Waals surface area contributed by atoms with E-state index in [9.17, 15) is 15.0 Å². The number of fused-ring (bicyclic) bond motifs is 1. The molecule has 1 aromatic heterocycles. The largest absolute Gasteiger partial charge is 0.506 e. The second kappa shape index (κ2) is 10.0. The Kier molecular flexibility index (Phi) is 7.40. The predicted molar refractivity (Wildman–Crippen MR) is 124 cm³/mol. The number of hydrogen-bond acceptors (Lipinski definition) is 6. The molecule has 3 unspecified atom stereocenters. The second-order valence-corrected chi connectivity index (χ2v) is 9.51. The van der Waals surface area contributed by atoms with E-state index >= 15 is 0 Å². The normalized spacial score (nSPS) is 19.5. The van der Waals surface area contributed by atoms with Gasteiger partial charge in [-0.3, -0.25) is 9.78 Å². The van der Waals surface area contributed by atoms with Crippen LogP contribution in [0.4, 0.5) is 0 Å². The number of nitrogens with one attached hydrogen (secondary N) is 2. The zero-order valence-electron chi connectivity index (χ0n) is 19.1. The SMILES string of the molecule is CC(=O)NC(Cc1ccc(O)cn1)C(O)CNC1=C2C=C(CC(C)(C)C)C=CC2OC=C1. The summed E-state index contributed by atoms with van der Waals surface area (Å²) in [6.07, 6.45) is 11.5. The maximum Gasteiger partial charge on any atom is 0.217 e. The average molecular weight is 440 g/mol. The number of aliphatic hydroxyl groups excluding tert-OH is 1. The molecule has 7 heteroatoms. The van der Waals surface area contributed by atoms with E-state index in [0.717, 1.165) is 17.7 Å². The number of aliphatic hydroxyl groups is 1. The molecule has 172 valence electrons. The van der Waals surface area contributed by atoms with Crippen LogP contribution in [0.3, 0.4) is 0 Å². The monoisotopic (exact) mass is 439 g/mol. The van der Waals surface area contributed by atoms with Crippen molar-refractivity contribution in [1.82, 2.24) is 15.6 Å². The first kappa shape index (κ1) is 23.6. The van der Waals surface area contributed by atoms with E-state index in [1.165, 1.54) is 24.8 Å². The van der Waals surface area contributed by atoms with Gasteiger partial charge in [-0.1, -0.05) is 26.8 Å². The van der Waals surface area contributed by atoms with Crippen LogP contribution in [-0.2, 0) is 16.0 Å². The Morgan fingerprint density at radius 3 is 2.72 bits per heavy atom. The summed E-state index contributed by atoms with van der Waals surface area (Å²) in [5.74, 6) is -0.158. The topological polar surface area (TPSA) is 104 Å². The number of carbonyl (C=O) groups excluding carboxylic acids is 1. The molecular formula is C25H33N3O4. The molecule has 3 atom stereocenters. The number of amides is 1. The van der Waals surface area contributed by atoms with Gasteiger partial charge in [-0.2, -0.15) is 0 Å². The van der Waals surface area contributed by atoms with Gasteiger partial charge in [-0.25, -0.2) is 0 Å². The van der Waals surface area contributed by atoms with Crippen molar-refractivity contribution < 1.29 is 19.7 Å². The Morgan fingerprint density at radius 2 is 2.06 bits per heavy atom. The van der Waals surface area contributed by atoms with Gasteiger partial charge in [0, 0.05) is 36.9 Å². The third-order valence-corrected chi connectivity index (χ3v) is 5.23. The third kappa shape index (κ3) is 6.72. The number of aromatic hydroxyl groups is 1. The summed E-state index contributed by atoms with van der Waals surface area (Å²) in [5, 5.41) is 26.4. The van der Waals surface area contributed by atoms with Crippen molar-refractivity contribution in [3.8, 4) is 5.75 Å². The summed E-state index contributed by atoms with van der Waals surface area (Å²) in [5.41, 5.74) is 3.99. The van der Waals surface area contributed by atoms with Crippen LogP contribution in [-0.4, -0.2) is 45.9 Å². The Hall–Kier alpha value is -3.06. The Morgan fingerprint density at radius 1 is 1.28 bits per heavy atom. The average Bonchev–Trinajstić information content (AvgIpc) is 2.71. The van der Waals surface area contributed by atoms with Crippen molar-refractivity contribution in [2.75, 3.05) is 6.54 Å². The van der Waals surface area contributed by atoms with Crippen LogP contribution in [0.25, 0.3) is 0 Å². The highest BCUT2D eigenvalue weighted by atomic mass is 16.5. The molecule has 2 aliphatic rings. The molecule has 3 rings (SSSR count). The van der Waals surface area contributed by atoms with Gasteiger partial charge in [-0.05, 0) is 47.8 Å². The summed E-state index contributed by atoms with van der Waals surface area (Å²) >= 11 is 0. The zero-order chi connectivity index (χ0) is 23.3. The lowest BCUT2D eigenvalue weighted by Gasteiger charge is -2.29. The number of nitrogens with zero attached hydrogens (tertiary/aromatic N) is 1. The number of carbonyl (C=O) groups is 1. The molecule has 2 heterocycles. The fourth-order valence-corrected chi connectivity index (χ4v) is 3.83. The van der Waals surface area contributed by atoms with Gasteiger partial charge in [0.2, 0.25) is 5.91 Å². The molecule has 0 bridgehead atoms. The molecule has 32 heavy (non-hydrogen) atoms. The van der Waals surface area contributed by atoms with Gasteiger partial charge in [0.05, 0.1) is 24.6 Å². The van der Waals surface area contributed by atoms with E-state index in [1.54, 1.807) is 12.3 Å². The Balaban J connectivity index is 1.71. The fourth-order valence-electron chi connectivity index (χ4n) is 3.83. The molecule has 0 aromatic carbocycles. The van der Waals surface area contributed by atoms with Crippen molar-refractivity contribution in [3.63, 3.8) is 0 Å². The van der Waals surface area contributed by atoms with Gasteiger partial charge in [0.25, 0.3) is 0 Å². The summed E-state index contributed by atoms with van der Waals surface area (Å²) in [4.78, 5) is 15.9. The quantitative estimate of drug-likeness (QED) is 0.497. The molecule has 1 aromatic rings. The lowest BCUT2D eigenvalue weighted by molar-refractivity contribution is -0.120. The number of allylic oxidation sites excluding steroid dienone is 3. The molecule has 0 fully saturated rings. The molecule has 1 amide bonds. The Bertz CT molecular complexity index is 939. The summed E-state index contributed by atoms with van der Waals surface area (Å²) in [6.45, 7) is 8.29. The van der Waals surface area contributed by atoms with Gasteiger partial charge >= 0.3 is 0 Å². The molecule has 0 saturated heterocycles. The zero-order valence-corrected chi connectivity index (χ0v) is 19.1. The maximum atomic E-state index is 11.7. The molecule has 7 nitrogen and oxygen atoms in total. The number of ether oxygens (including phenoxy) is 1. The number of pyridine rings is 1. The lowest BCUT2D eigenvalue weighted by atomic mass is 9.84. The van der Waals surface area contributed by atoms with Gasteiger partial charge < -0.3 is 25.6 Å². The first-order valence-corrected chi connectivity index (χ1v) is 10.9. The van der Waals surface area contributed by atoms with E-state index in [4.69, 9.17) is 4.74 Å². The highest BCUT2D eigenvalue weighted by molar-refractivity contribution is 5.73. The predicted octanol–water partition coefficient (Wildman–Crippen LogP) is 2.88. The van der Waals surface area contributed by atoms with Crippen molar-refractivity contribution in [1.29, 1.82) is 0 Å². The third-order valence-electron chi connectivity index (χ3n) is 5.23. The molecule has 1 aliphatic carbocycles. The number of rotatable bonds is 8. The molecule has 0 spiro atoms. The first-order chi connectivity index (χ1) is 15.1. The van der Waals surface area contributed by atoms with Gasteiger partial charge in [0.15, 0.2) is 0 Å². The first-order valence-electron chi connectivity index (χ1n) is 10.9. The van der Waals surface area contributed by atoms with E-state index in [-0.39, 0.29) is 29.7 Å². The minimum absolute atomic E-state index is 0.0711. The van der Waals surface area contributed by atoms with Crippen LogP contribution in [0.2, 0.25) is 0 Å². The minimum Gasteiger partial charge on any atom is -0.506 e. The van der Waals surface area contributed by atoms with Crippen LogP contribution >= 0.6 is 0 Å². The molecule has 0 radical (unpaired) electrons. The highest BCUT2D eigenvalue weighted by Gasteiger charge is 2.25. The van der Waals surface area contributed by atoms with E-state index in [2.05, 4.69) is 54.6 Å².